The fourth-order valence-corrected chi connectivity index (χ4v) is 3.50. The van der Waals surface area contributed by atoms with Crippen LogP contribution in [-0.2, 0) is 4.74 Å². The van der Waals surface area contributed by atoms with Gasteiger partial charge in [0, 0.05) is 17.3 Å². The van der Waals surface area contributed by atoms with Gasteiger partial charge in [0.2, 0.25) is 0 Å². The summed E-state index contributed by atoms with van der Waals surface area (Å²) >= 11 is 5.31. The smallest absolute Gasteiger partial charge is 0.412 e. The number of thiocarbonyl (C=S) groups is 1. The van der Waals surface area contributed by atoms with Crippen LogP contribution in [0.3, 0.4) is 0 Å². The zero-order chi connectivity index (χ0) is 21.6. The Morgan fingerprint density at radius 2 is 1.72 bits per heavy atom. The Morgan fingerprint density at radius 3 is 2.34 bits per heavy atom. The summed E-state index contributed by atoms with van der Waals surface area (Å²) in [4.78, 5) is 24.1. The van der Waals surface area contributed by atoms with Gasteiger partial charge in [-0.3, -0.25) is 21.0 Å². The van der Waals surface area contributed by atoms with Crippen LogP contribution >= 0.6 is 12.2 Å². The van der Waals surface area contributed by atoms with Gasteiger partial charge in [-0.15, -0.1) is 0 Å². The maximum absolute atomic E-state index is 12.3. The predicted octanol–water partition coefficient (Wildman–Crippen LogP) is 3.97. The van der Waals surface area contributed by atoms with Gasteiger partial charge in [-0.05, 0) is 75.5 Å². The topological polar surface area (TPSA) is 91.5 Å². The second-order valence-corrected chi connectivity index (χ2v) is 9.04. The van der Waals surface area contributed by atoms with E-state index < -0.39 is 11.7 Å². The van der Waals surface area contributed by atoms with E-state index in [1.54, 1.807) is 45.0 Å². The number of amides is 2. The minimum absolute atomic E-state index is 0.314. The van der Waals surface area contributed by atoms with Crippen LogP contribution in [0.15, 0.2) is 24.3 Å². The number of hydrogen-bond donors (Lipinski definition) is 4. The molecule has 0 bridgehead atoms. The summed E-state index contributed by atoms with van der Waals surface area (Å²) in [6.07, 6.45) is 2.96. The van der Waals surface area contributed by atoms with Crippen molar-refractivity contribution < 1.29 is 14.3 Å². The largest absolute Gasteiger partial charge is 0.444 e. The fraction of sp³-hybridized carbons (Fsp3) is 0.571. The van der Waals surface area contributed by atoms with Crippen LogP contribution in [-0.4, -0.2) is 28.8 Å². The van der Waals surface area contributed by atoms with Gasteiger partial charge in [0.25, 0.3) is 5.91 Å². The molecule has 0 radical (unpaired) electrons. The molecule has 0 saturated heterocycles. The molecule has 29 heavy (non-hydrogen) atoms. The van der Waals surface area contributed by atoms with Gasteiger partial charge in [-0.2, -0.15) is 0 Å². The van der Waals surface area contributed by atoms with E-state index in [1.807, 2.05) is 0 Å². The quantitative estimate of drug-likeness (QED) is 0.437. The first-order chi connectivity index (χ1) is 13.5. The highest BCUT2D eigenvalue weighted by Gasteiger charge is 2.27. The summed E-state index contributed by atoms with van der Waals surface area (Å²) in [5.74, 6) is 0.874. The third-order valence-corrected chi connectivity index (χ3v) is 5.33. The zero-order valence-electron chi connectivity index (χ0n) is 17.8. The summed E-state index contributed by atoms with van der Waals surface area (Å²) < 4.78 is 5.20. The van der Waals surface area contributed by atoms with E-state index in [1.165, 1.54) is 12.8 Å². The fourth-order valence-electron chi connectivity index (χ4n) is 3.30. The highest BCUT2D eigenvalue weighted by atomic mass is 32.1. The van der Waals surface area contributed by atoms with Gasteiger partial charge in [0.15, 0.2) is 5.11 Å². The number of rotatable bonds is 3. The summed E-state index contributed by atoms with van der Waals surface area (Å²) in [5, 5.41) is 6.34. The molecule has 4 N–H and O–H groups in total. The van der Waals surface area contributed by atoms with Gasteiger partial charge in [0.05, 0.1) is 0 Å². The van der Waals surface area contributed by atoms with Crippen molar-refractivity contribution in [1.29, 1.82) is 0 Å². The number of ether oxygens (including phenoxy) is 1. The minimum Gasteiger partial charge on any atom is -0.444 e. The standard InChI is InChI=1S/C21H32N4O3S/c1-13-7-6-8-17(14(13)2)23-19(29)25-24-18(26)15-9-11-16(12-10-15)22-20(27)28-21(3,4)5/h9-14,17H,6-8H2,1-5H3,(H,22,27)(H,24,26)(H2,23,25,29)/t13-,14+,17+/m0/s1. The van der Waals surface area contributed by atoms with Crippen LogP contribution in [0.4, 0.5) is 10.5 Å². The molecule has 7 nitrogen and oxygen atoms in total. The Morgan fingerprint density at radius 1 is 1.07 bits per heavy atom. The lowest BCUT2D eigenvalue weighted by Crippen LogP contribution is -2.52. The lowest BCUT2D eigenvalue weighted by molar-refractivity contribution is 0.0635. The molecule has 0 unspecified atom stereocenters. The molecular formula is C21H32N4O3S. The van der Waals surface area contributed by atoms with Crippen molar-refractivity contribution in [1.82, 2.24) is 16.2 Å². The number of carbonyl (C=O) groups excluding carboxylic acids is 2. The predicted molar refractivity (Wildman–Crippen MR) is 119 cm³/mol. The highest BCUT2D eigenvalue weighted by Crippen LogP contribution is 2.29. The van der Waals surface area contributed by atoms with Gasteiger partial charge < -0.3 is 10.1 Å². The second kappa shape index (κ2) is 9.91. The third-order valence-electron chi connectivity index (χ3n) is 5.11. The van der Waals surface area contributed by atoms with E-state index in [0.29, 0.717) is 34.2 Å². The van der Waals surface area contributed by atoms with Crippen molar-refractivity contribution >= 4 is 35.0 Å². The zero-order valence-corrected chi connectivity index (χ0v) is 18.6. The van der Waals surface area contributed by atoms with Gasteiger partial charge in [-0.1, -0.05) is 26.7 Å². The highest BCUT2D eigenvalue weighted by molar-refractivity contribution is 7.80. The van der Waals surface area contributed by atoms with Crippen molar-refractivity contribution in [2.75, 3.05) is 5.32 Å². The average Bonchev–Trinajstić information content (AvgIpc) is 2.62. The number of carbonyl (C=O) groups is 2. The molecule has 0 heterocycles. The number of benzene rings is 1. The Labute approximate surface area is 178 Å². The van der Waals surface area contributed by atoms with Crippen molar-refractivity contribution in [2.45, 2.75) is 65.5 Å². The van der Waals surface area contributed by atoms with Gasteiger partial charge >= 0.3 is 6.09 Å². The molecule has 8 heteroatoms. The van der Waals surface area contributed by atoms with Crippen molar-refractivity contribution in [3.05, 3.63) is 29.8 Å². The molecule has 1 aromatic rings. The van der Waals surface area contributed by atoms with Crippen molar-refractivity contribution in [3.8, 4) is 0 Å². The first-order valence-electron chi connectivity index (χ1n) is 10.0. The molecule has 0 spiro atoms. The van der Waals surface area contributed by atoms with E-state index in [9.17, 15) is 9.59 Å². The first-order valence-corrected chi connectivity index (χ1v) is 10.4. The number of hydrogen-bond acceptors (Lipinski definition) is 4. The maximum Gasteiger partial charge on any atom is 0.412 e. The van der Waals surface area contributed by atoms with E-state index >= 15 is 0 Å². The number of hydrazine groups is 1. The summed E-state index contributed by atoms with van der Waals surface area (Å²) in [5.41, 5.74) is 5.78. The SMILES string of the molecule is C[C@@H]1[C@@H](C)CCC[C@H]1NC(=S)NNC(=O)c1ccc(NC(=O)OC(C)(C)C)cc1. The summed E-state index contributed by atoms with van der Waals surface area (Å²) in [6.45, 7) is 9.87. The van der Waals surface area contributed by atoms with E-state index in [0.717, 1.165) is 6.42 Å². The number of nitrogens with one attached hydrogen (secondary N) is 4. The van der Waals surface area contributed by atoms with Gasteiger partial charge in [-0.25, -0.2) is 4.79 Å². The summed E-state index contributed by atoms with van der Waals surface area (Å²) in [6, 6.07) is 6.82. The molecule has 0 aliphatic heterocycles. The molecule has 1 aliphatic carbocycles. The minimum atomic E-state index is -0.574. The molecular weight excluding hydrogens is 388 g/mol. The van der Waals surface area contributed by atoms with E-state index in [4.69, 9.17) is 17.0 Å². The molecule has 1 fully saturated rings. The Balaban J connectivity index is 1.80. The monoisotopic (exact) mass is 420 g/mol. The lowest BCUT2D eigenvalue weighted by Gasteiger charge is -2.35. The number of anilines is 1. The molecule has 2 rings (SSSR count). The van der Waals surface area contributed by atoms with Crippen LogP contribution in [0.5, 0.6) is 0 Å². The van der Waals surface area contributed by atoms with E-state index in [2.05, 4.69) is 35.3 Å². The normalized spacial score (nSPS) is 21.6. The van der Waals surface area contributed by atoms with E-state index in [-0.39, 0.29) is 5.91 Å². The Kier molecular flexibility index (Phi) is 7.84. The summed E-state index contributed by atoms with van der Waals surface area (Å²) in [7, 11) is 0. The van der Waals surface area contributed by atoms with Crippen LogP contribution in [0.1, 0.15) is 64.2 Å². The van der Waals surface area contributed by atoms with Crippen LogP contribution in [0.25, 0.3) is 0 Å². The van der Waals surface area contributed by atoms with Crippen molar-refractivity contribution in [3.63, 3.8) is 0 Å². The molecule has 1 aromatic carbocycles. The van der Waals surface area contributed by atoms with Gasteiger partial charge in [0.1, 0.15) is 5.60 Å². The van der Waals surface area contributed by atoms with Crippen molar-refractivity contribution in [2.24, 2.45) is 11.8 Å². The maximum atomic E-state index is 12.3. The lowest BCUT2D eigenvalue weighted by atomic mass is 9.78. The van der Waals surface area contributed by atoms with Crippen LogP contribution in [0, 0.1) is 11.8 Å². The van der Waals surface area contributed by atoms with Crippen LogP contribution < -0.4 is 21.5 Å². The molecule has 3 atom stereocenters. The third kappa shape index (κ3) is 7.53. The molecule has 1 saturated carbocycles. The first kappa shape index (κ1) is 22.9. The molecule has 160 valence electrons. The Hall–Kier alpha value is -2.35. The average molecular weight is 421 g/mol. The molecule has 1 aliphatic rings. The molecule has 2 amide bonds. The van der Waals surface area contributed by atoms with Crippen LogP contribution in [0.2, 0.25) is 0 Å². The molecule has 0 aromatic heterocycles. The Bertz CT molecular complexity index is 730. The second-order valence-electron chi connectivity index (χ2n) is 8.63.